The van der Waals surface area contributed by atoms with E-state index in [-0.39, 0.29) is 5.73 Å². The van der Waals surface area contributed by atoms with Crippen molar-refractivity contribution < 1.29 is 5.11 Å². The molecule has 13 heavy (non-hydrogen) atoms. The molecule has 0 saturated carbocycles. The Labute approximate surface area is 81.4 Å². The molecule has 0 saturated heterocycles. The van der Waals surface area contributed by atoms with E-state index in [0.29, 0.717) is 0 Å². The number of rotatable bonds is 3. The van der Waals surface area contributed by atoms with Crippen molar-refractivity contribution in [2.75, 3.05) is 0 Å². The van der Waals surface area contributed by atoms with Crippen LogP contribution in [0.3, 0.4) is 0 Å². The zero-order chi connectivity index (χ0) is 9.90. The Bertz CT molecular complexity index is 256. The summed E-state index contributed by atoms with van der Waals surface area (Å²) >= 11 is 0. The Balaban J connectivity index is 2.93. The fourth-order valence-corrected chi connectivity index (χ4v) is 4.03. The summed E-state index contributed by atoms with van der Waals surface area (Å²) in [7, 11) is -1.63. The highest BCUT2D eigenvalue weighted by Crippen LogP contribution is 2.11. The van der Waals surface area contributed by atoms with E-state index >= 15 is 0 Å². The van der Waals surface area contributed by atoms with Crippen LogP contribution in [-0.4, -0.2) is 18.9 Å². The van der Waals surface area contributed by atoms with Gasteiger partial charge in [-0.1, -0.05) is 55.5 Å². The maximum atomic E-state index is 9.90. The average molecular weight is 194 g/mol. The van der Waals surface area contributed by atoms with Crippen LogP contribution in [0, 0.1) is 0 Å². The van der Waals surface area contributed by atoms with Crippen molar-refractivity contribution in [3.8, 4) is 0 Å². The Kier molecular flexibility index (Phi) is 3.28. The Morgan fingerprint density at radius 3 is 2.23 bits per heavy atom. The maximum Gasteiger partial charge on any atom is 0.113 e. The lowest BCUT2D eigenvalue weighted by atomic mass is 10.4. The summed E-state index contributed by atoms with van der Waals surface area (Å²) < 4.78 is 0. The van der Waals surface area contributed by atoms with Crippen molar-refractivity contribution in [2.45, 2.75) is 32.2 Å². The summed E-state index contributed by atoms with van der Waals surface area (Å²) in [6, 6.07) is 10.4. The van der Waals surface area contributed by atoms with Crippen molar-refractivity contribution in [2.24, 2.45) is 0 Å². The van der Waals surface area contributed by atoms with Gasteiger partial charge in [-0.3, -0.25) is 0 Å². The smallest absolute Gasteiger partial charge is 0.113 e. The van der Waals surface area contributed by atoms with Gasteiger partial charge in [-0.25, -0.2) is 0 Å². The Morgan fingerprint density at radius 1 is 1.23 bits per heavy atom. The van der Waals surface area contributed by atoms with Crippen LogP contribution in [0.2, 0.25) is 13.1 Å². The lowest BCUT2D eigenvalue weighted by Gasteiger charge is -2.28. The van der Waals surface area contributed by atoms with E-state index in [4.69, 9.17) is 0 Å². The van der Waals surface area contributed by atoms with Gasteiger partial charge in [-0.2, -0.15) is 0 Å². The molecular formula is C11H18OSi. The molecular weight excluding hydrogens is 176 g/mol. The minimum absolute atomic E-state index is 0.130. The second-order valence-corrected chi connectivity index (χ2v) is 8.70. The lowest BCUT2D eigenvalue weighted by molar-refractivity contribution is 0.241. The molecule has 2 heteroatoms. The number of aliphatic hydroxyl groups excluding tert-OH is 1. The fourth-order valence-electron chi connectivity index (χ4n) is 1.57. The van der Waals surface area contributed by atoms with E-state index in [1.165, 1.54) is 5.19 Å². The van der Waals surface area contributed by atoms with E-state index in [1.54, 1.807) is 0 Å². The van der Waals surface area contributed by atoms with Crippen LogP contribution >= 0.6 is 0 Å². The highest BCUT2D eigenvalue weighted by Gasteiger charge is 2.30. The van der Waals surface area contributed by atoms with Crippen LogP contribution in [0.25, 0.3) is 0 Å². The molecule has 0 radical (unpaired) electrons. The molecule has 1 nitrogen and oxygen atoms in total. The summed E-state index contributed by atoms with van der Waals surface area (Å²) in [6.07, 6.45) is 0.855. The van der Waals surface area contributed by atoms with E-state index < -0.39 is 8.07 Å². The zero-order valence-electron chi connectivity index (χ0n) is 8.62. The van der Waals surface area contributed by atoms with Gasteiger partial charge in [0.05, 0.1) is 0 Å². The molecule has 72 valence electrons. The SMILES string of the molecule is CCC(O)[Si](C)(C)c1ccccc1. The van der Waals surface area contributed by atoms with Gasteiger partial charge in [0.1, 0.15) is 8.07 Å². The average Bonchev–Trinajstić information content (AvgIpc) is 2.18. The number of hydrogen-bond acceptors (Lipinski definition) is 1. The standard InChI is InChI=1S/C11H18OSi/c1-4-11(12)13(2,3)10-8-6-5-7-9-10/h5-9,11-12H,4H2,1-3H3. The highest BCUT2D eigenvalue weighted by molar-refractivity contribution is 6.90. The summed E-state index contributed by atoms with van der Waals surface area (Å²) in [5.74, 6) is 0. The molecule has 1 rings (SSSR count). The predicted octanol–water partition coefficient (Wildman–Crippen LogP) is 1.91. The van der Waals surface area contributed by atoms with Crippen molar-refractivity contribution in [3.63, 3.8) is 0 Å². The summed E-state index contributed by atoms with van der Waals surface area (Å²) in [5, 5.41) is 11.2. The third kappa shape index (κ3) is 2.20. The van der Waals surface area contributed by atoms with Crippen LogP contribution in [0.1, 0.15) is 13.3 Å². The van der Waals surface area contributed by atoms with Crippen LogP contribution < -0.4 is 5.19 Å². The van der Waals surface area contributed by atoms with Gasteiger partial charge in [0.2, 0.25) is 0 Å². The van der Waals surface area contributed by atoms with E-state index in [2.05, 4.69) is 25.2 Å². The third-order valence-electron chi connectivity index (χ3n) is 2.74. The first kappa shape index (κ1) is 10.5. The summed E-state index contributed by atoms with van der Waals surface area (Å²) in [6.45, 7) is 6.48. The third-order valence-corrected chi connectivity index (χ3v) is 6.63. The minimum atomic E-state index is -1.63. The number of hydrogen-bond donors (Lipinski definition) is 1. The van der Waals surface area contributed by atoms with Crippen LogP contribution in [0.15, 0.2) is 30.3 Å². The predicted molar refractivity (Wildman–Crippen MR) is 59.9 cm³/mol. The molecule has 0 aliphatic carbocycles. The van der Waals surface area contributed by atoms with Crippen molar-refractivity contribution in [1.29, 1.82) is 0 Å². The van der Waals surface area contributed by atoms with Gasteiger partial charge in [-0.05, 0) is 6.42 Å². The molecule has 1 N–H and O–H groups in total. The molecule has 1 aromatic carbocycles. The van der Waals surface area contributed by atoms with Crippen molar-refractivity contribution in [3.05, 3.63) is 30.3 Å². The molecule has 0 spiro atoms. The van der Waals surface area contributed by atoms with Gasteiger partial charge >= 0.3 is 0 Å². The number of aliphatic hydroxyl groups is 1. The molecule has 0 aliphatic heterocycles. The second kappa shape index (κ2) is 4.07. The van der Waals surface area contributed by atoms with Gasteiger partial charge in [0, 0.05) is 5.73 Å². The first-order valence-corrected chi connectivity index (χ1v) is 7.90. The molecule has 0 heterocycles. The largest absolute Gasteiger partial charge is 0.396 e. The minimum Gasteiger partial charge on any atom is -0.396 e. The first-order chi connectivity index (χ1) is 6.09. The molecule has 0 amide bonds. The molecule has 0 aromatic heterocycles. The molecule has 1 unspecified atom stereocenters. The normalized spacial score (nSPS) is 14.2. The van der Waals surface area contributed by atoms with Gasteiger partial charge < -0.3 is 5.11 Å². The lowest BCUT2D eigenvalue weighted by Crippen LogP contribution is -2.52. The van der Waals surface area contributed by atoms with Crippen LogP contribution in [0.5, 0.6) is 0 Å². The molecule has 0 bridgehead atoms. The molecule has 0 aliphatic rings. The topological polar surface area (TPSA) is 20.2 Å². The summed E-state index contributed by atoms with van der Waals surface area (Å²) in [5.41, 5.74) is -0.130. The monoisotopic (exact) mass is 194 g/mol. The summed E-state index contributed by atoms with van der Waals surface area (Å²) in [4.78, 5) is 0. The molecule has 1 atom stereocenters. The van der Waals surface area contributed by atoms with Crippen LogP contribution in [-0.2, 0) is 0 Å². The highest BCUT2D eigenvalue weighted by atomic mass is 28.3. The van der Waals surface area contributed by atoms with Gasteiger partial charge in [0.25, 0.3) is 0 Å². The van der Waals surface area contributed by atoms with E-state index in [1.807, 2.05) is 25.1 Å². The Morgan fingerprint density at radius 2 is 1.77 bits per heavy atom. The van der Waals surface area contributed by atoms with Gasteiger partial charge in [0.15, 0.2) is 0 Å². The number of benzene rings is 1. The first-order valence-electron chi connectivity index (χ1n) is 4.82. The zero-order valence-corrected chi connectivity index (χ0v) is 9.62. The molecule has 0 fully saturated rings. The second-order valence-electron chi connectivity index (χ2n) is 4.01. The Hall–Kier alpha value is -0.603. The van der Waals surface area contributed by atoms with Crippen LogP contribution in [0.4, 0.5) is 0 Å². The fraction of sp³-hybridized carbons (Fsp3) is 0.455. The van der Waals surface area contributed by atoms with E-state index in [9.17, 15) is 5.11 Å². The van der Waals surface area contributed by atoms with Crippen molar-refractivity contribution >= 4 is 13.3 Å². The maximum absolute atomic E-state index is 9.90. The van der Waals surface area contributed by atoms with Gasteiger partial charge in [-0.15, -0.1) is 0 Å². The molecule has 1 aromatic rings. The van der Waals surface area contributed by atoms with E-state index in [0.717, 1.165) is 6.42 Å². The quantitative estimate of drug-likeness (QED) is 0.729. The van der Waals surface area contributed by atoms with Crippen molar-refractivity contribution in [1.82, 2.24) is 0 Å².